The van der Waals surface area contributed by atoms with Gasteiger partial charge < -0.3 is 5.32 Å². The van der Waals surface area contributed by atoms with E-state index in [1.807, 2.05) is 13.1 Å². The minimum atomic E-state index is 0.290. The molecule has 0 fully saturated rings. The second-order valence-corrected chi connectivity index (χ2v) is 5.53. The molecule has 17 heavy (non-hydrogen) atoms. The summed E-state index contributed by atoms with van der Waals surface area (Å²) in [6.07, 6.45) is 1.52. The maximum Gasteiger partial charge on any atom is 0.188 e. The average molecular weight is 313 g/mol. The molecule has 0 aliphatic heterocycles. The van der Waals surface area contributed by atoms with E-state index >= 15 is 0 Å². The van der Waals surface area contributed by atoms with Gasteiger partial charge in [-0.3, -0.25) is 5.10 Å². The van der Waals surface area contributed by atoms with Crippen LogP contribution in [0.15, 0.2) is 39.1 Å². The normalized spacial score (nSPS) is 12.6. The Hall–Kier alpha value is -0.850. The van der Waals surface area contributed by atoms with Crippen LogP contribution in [-0.4, -0.2) is 22.2 Å². The lowest BCUT2D eigenvalue weighted by Crippen LogP contribution is -2.13. The van der Waals surface area contributed by atoms with Crippen LogP contribution in [0.25, 0.3) is 0 Å². The average Bonchev–Trinajstić information content (AvgIpc) is 2.83. The van der Waals surface area contributed by atoms with Crippen molar-refractivity contribution in [1.29, 1.82) is 0 Å². The molecule has 0 radical (unpaired) electrons. The molecule has 1 atom stereocenters. The number of benzene rings is 1. The molecule has 6 heteroatoms. The Morgan fingerprint density at radius 2 is 2.29 bits per heavy atom. The molecule has 0 spiro atoms. The van der Waals surface area contributed by atoms with Gasteiger partial charge in [-0.2, -0.15) is 5.10 Å². The highest BCUT2D eigenvalue weighted by molar-refractivity contribution is 9.10. The van der Waals surface area contributed by atoms with Gasteiger partial charge in [-0.1, -0.05) is 27.7 Å². The molecule has 0 amide bonds. The first-order valence-electron chi connectivity index (χ1n) is 5.20. The van der Waals surface area contributed by atoms with Crippen molar-refractivity contribution in [2.24, 2.45) is 0 Å². The van der Waals surface area contributed by atoms with Gasteiger partial charge in [0.1, 0.15) is 6.33 Å². The number of rotatable bonds is 4. The van der Waals surface area contributed by atoms with E-state index in [9.17, 15) is 0 Å². The molecular formula is C11H13BrN4S. The van der Waals surface area contributed by atoms with E-state index < -0.39 is 0 Å². The number of aromatic amines is 1. The van der Waals surface area contributed by atoms with E-state index in [1.54, 1.807) is 11.8 Å². The van der Waals surface area contributed by atoms with E-state index in [4.69, 9.17) is 0 Å². The lowest BCUT2D eigenvalue weighted by molar-refractivity contribution is 0.641. The van der Waals surface area contributed by atoms with Crippen LogP contribution in [0.1, 0.15) is 18.5 Å². The Balaban J connectivity index is 2.32. The molecule has 0 aliphatic rings. The molecule has 1 aromatic carbocycles. The fourth-order valence-corrected chi connectivity index (χ4v) is 2.73. The summed E-state index contributed by atoms with van der Waals surface area (Å²) in [5.41, 5.74) is 1.24. The number of aromatic nitrogens is 3. The maximum atomic E-state index is 4.12. The highest BCUT2D eigenvalue weighted by atomic mass is 79.9. The van der Waals surface area contributed by atoms with Crippen LogP contribution in [-0.2, 0) is 0 Å². The van der Waals surface area contributed by atoms with Crippen molar-refractivity contribution in [2.45, 2.75) is 23.0 Å². The lowest BCUT2D eigenvalue weighted by Gasteiger charge is -2.15. The molecule has 90 valence electrons. The molecule has 0 saturated heterocycles. The van der Waals surface area contributed by atoms with E-state index in [0.29, 0.717) is 0 Å². The predicted octanol–water partition coefficient (Wildman–Crippen LogP) is 3.00. The van der Waals surface area contributed by atoms with E-state index in [0.717, 1.165) is 9.63 Å². The third kappa shape index (κ3) is 3.08. The molecule has 0 aliphatic carbocycles. The Labute approximate surface area is 113 Å². The molecule has 2 rings (SSSR count). The Morgan fingerprint density at radius 1 is 1.47 bits per heavy atom. The second kappa shape index (κ2) is 5.66. The van der Waals surface area contributed by atoms with Crippen LogP contribution in [0.5, 0.6) is 0 Å². The molecule has 0 bridgehead atoms. The Kier molecular flexibility index (Phi) is 4.20. The standard InChI is InChI=1S/C11H13BrN4S/c1-7(13-2)9-5-8(12)3-4-10(9)17-11-14-6-15-16-11/h3-7,13H,1-2H3,(H,14,15,16). The van der Waals surface area contributed by atoms with Crippen LogP contribution in [0.3, 0.4) is 0 Å². The third-order valence-corrected chi connectivity index (χ3v) is 3.95. The van der Waals surface area contributed by atoms with Gasteiger partial charge >= 0.3 is 0 Å². The van der Waals surface area contributed by atoms with Gasteiger partial charge in [0.15, 0.2) is 5.16 Å². The highest BCUT2D eigenvalue weighted by Gasteiger charge is 2.11. The van der Waals surface area contributed by atoms with E-state index in [2.05, 4.69) is 55.5 Å². The van der Waals surface area contributed by atoms with Gasteiger partial charge in [-0.25, -0.2) is 4.98 Å². The summed E-state index contributed by atoms with van der Waals surface area (Å²) in [7, 11) is 1.95. The topological polar surface area (TPSA) is 53.6 Å². The summed E-state index contributed by atoms with van der Waals surface area (Å²) in [5.74, 6) is 0. The van der Waals surface area contributed by atoms with Crippen LogP contribution in [0, 0.1) is 0 Å². The van der Waals surface area contributed by atoms with Gasteiger partial charge in [0.2, 0.25) is 0 Å². The summed E-state index contributed by atoms with van der Waals surface area (Å²) in [6.45, 7) is 2.13. The monoisotopic (exact) mass is 312 g/mol. The summed E-state index contributed by atoms with van der Waals surface area (Å²) >= 11 is 5.08. The summed E-state index contributed by atoms with van der Waals surface area (Å²) in [6, 6.07) is 6.53. The summed E-state index contributed by atoms with van der Waals surface area (Å²) in [4.78, 5) is 5.30. The zero-order chi connectivity index (χ0) is 12.3. The molecule has 4 nitrogen and oxygen atoms in total. The fraction of sp³-hybridized carbons (Fsp3) is 0.273. The van der Waals surface area contributed by atoms with Crippen LogP contribution in [0.4, 0.5) is 0 Å². The quantitative estimate of drug-likeness (QED) is 0.911. The van der Waals surface area contributed by atoms with Crippen LogP contribution >= 0.6 is 27.7 Å². The van der Waals surface area contributed by atoms with Gasteiger partial charge in [0.05, 0.1) is 0 Å². The highest BCUT2D eigenvalue weighted by Crippen LogP contribution is 2.32. The molecule has 1 heterocycles. The number of H-pyrrole nitrogens is 1. The first-order valence-corrected chi connectivity index (χ1v) is 6.81. The van der Waals surface area contributed by atoms with Crippen molar-refractivity contribution < 1.29 is 0 Å². The first kappa shape index (κ1) is 12.6. The Morgan fingerprint density at radius 3 is 2.94 bits per heavy atom. The molecule has 1 aromatic heterocycles. The van der Waals surface area contributed by atoms with Crippen molar-refractivity contribution in [1.82, 2.24) is 20.5 Å². The van der Waals surface area contributed by atoms with Crippen LogP contribution < -0.4 is 5.32 Å². The summed E-state index contributed by atoms with van der Waals surface area (Å²) in [5, 5.41) is 10.8. The third-order valence-electron chi connectivity index (χ3n) is 2.47. The maximum absolute atomic E-state index is 4.12. The van der Waals surface area contributed by atoms with Crippen molar-refractivity contribution in [3.8, 4) is 0 Å². The first-order chi connectivity index (χ1) is 8.20. The minimum Gasteiger partial charge on any atom is -0.313 e. The second-order valence-electron chi connectivity index (χ2n) is 3.59. The van der Waals surface area contributed by atoms with Crippen molar-refractivity contribution >= 4 is 27.7 Å². The minimum absolute atomic E-state index is 0.290. The molecule has 2 aromatic rings. The zero-order valence-corrected chi connectivity index (χ0v) is 12.0. The molecular weight excluding hydrogens is 300 g/mol. The number of halogens is 1. The van der Waals surface area contributed by atoms with Gasteiger partial charge in [-0.15, -0.1) is 0 Å². The largest absolute Gasteiger partial charge is 0.313 e. The van der Waals surface area contributed by atoms with Crippen molar-refractivity contribution in [3.63, 3.8) is 0 Å². The van der Waals surface area contributed by atoms with E-state index in [-0.39, 0.29) is 6.04 Å². The number of nitrogens with zero attached hydrogens (tertiary/aromatic N) is 2. The van der Waals surface area contributed by atoms with Gasteiger partial charge in [0, 0.05) is 15.4 Å². The number of hydrogen-bond donors (Lipinski definition) is 2. The fourth-order valence-electron chi connectivity index (χ4n) is 1.45. The van der Waals surface area contributed by atoms with Gasteiger partial charge in [-0.05, 0) is 37.7 Å². The number of nitrogens with one attached hydrogen (secondary N) is 2. The predicted molar refractivity (Wildman–Crippen MR) is 72.1 cm³/mol. The molecule has 0 saturated carbocycles. The lowest BCUT2D eigenvalue weighted by atomic mass is 10.1. The van der Waals surface area contributed by atoms with E-state index in [1.165, 1.54) is 16.8 Å². The van der Waals surface area contributed by atoms with Crippen molar-refractivity contribution in [3.05, 3.63) is 34.6 Å². The SMILES string of the molecule is CNC(C)c1cc(Br)ccc1Sc1ncn[nH]1. The van der Waals surface area contributed by atoms with Gasteiger partial charge in [0.25, 0.3) is 0 Å². The Bertz CT molecular complexity index is 486. The molecule has 2 N–H and O–H groups in total. The number of hydrogen-bond acceptors (Lipinski definition) is 4. The smallest absolute Gasteiger partial charge is 0.188 e. The zero-order valence-electron chi connectivity index (χ0n) is 9.57. The van der Waals surface area contributed by atoms with Crippen molar-refractivity contribution in [2.75, 3.05) is 7.05 Å². The summed E-state index contributed by atoms with van der Waals surface area (Å²) < 4.78 is 1.08. The molecule has 1 unspecified atom stereocenters. The van der Waals surface area contributed by atoms with Crippen LogP contribution in [0.2, 0.25) is 0 Å².